The normalized spacial score (nSPS) is 21.3. The molecule has 0 aromatic carbocycles. The molecule has 1 atom stereocenters. The minimum Gasteiger partial charge on any atom is -0.374 e. The summed E-state index contributed by atoms with van der Waals surface area (Å²) in [7, 11) is 0. The zero-order valence-electron chi connectivity index (χ0n) is 10.9. The molecule has 1 aliphatic heterocycles. The molecule has 4 nitrogen and oxygen atoms in total. The van der Waals surface area contributed by atoms with E-state index in [1.54, 1.807) is 0 Å². The van der Waals surface area contributed by atoms with Gasteiger partial charge in [-0.2, -0.15) is 0 Å². The molecule has 1 aliphatic rings. The maximum absolute atomic E-state index is 4.23. The van der Waals surface area contributed by atoms with Gasteiger partial charge in [-0.25, -0.2) is 0 Å². The Kier molecular flexibility index (Phi) is 4.34. The molecule has 96 valence electrons. The van der Waals surface area contributed by atoms with E-state index >= 15 is 0 Å². The third-order valence-electron chi connectivity index (χ3n) is 3.52. The van der Waals surface area contributed by atoms with Crippen molar-refractivity contribution in [2.75, 3.05) is 25.0 Å². The van der Waals surface area contributed by atoms with E-state index < -0.39 is 0 Å². The molecule has 5 heteroatoms. The van der Waals surface area contributed by atoms with E-state index in [4.69, 9.17) is 0 Å². The van der Waals surface area contributed by atoms with E-state index in [2.05, 4.69) is 40.6 Å². The topological polar surface area (TPSA) is 41.1 Å². The third-order valence-corrected chi connectivity index (χ3v) is 4.24. The molecular weight excluding hydrogens is 232 g/mol. The fourth-order valence-corrected chi connectivity index (χ4v) is 3.01. The molecule has 1 N–H and O–H groups in total. The zero-order valence-corrected chi connectivity index (χ0v) is 11.8. The molecule has 0 aliphatic carbocycles. The van der Waals surface area contributed by atoms with E-state index in [9.17, 15) is 0 Å². The highest BCUT2D eigenvalue weighted by atomic mass is 32.1. The predicted molar refractivity (Wildman–Crippen MR) is 72.3 cm³/mol. The summed E-state index contributed by atoms with van der Waals surface area (Å²) in [6.07, 6.45) is 1.33. The smallest absolute Gasteiger partial charge is 0.134 e. The molecule has 0 spiro atoms. The molecule has 1 saturated heterocycles. The van der Waals surface area contributed by atoms with Crippen LogP contribution in [0, 0.1) is 11.8 Å². The second kappa shape index (κ2) is 5.78. The van der Waals surface area contributed by atoms with Gasteiger partial charge in [0.05, 0.1) is 0 Å². The molecule has 17 heavy (non-hydrogen) atoms. The number of likely N-dealkylation sites (tertiary alicyclic amines) is 1. The van der Waals surface area contributed by atoms with Gasteiger partial charge in [0.25, 0.3) is 0 Å². The number of nitrogens with one attached hydrogen (secondary N) is 1. The van der Waals surface area contributed by atoms with Crippen molar-refractivity contribution in [1.82, 2.24) is 14.5 Å². The minimum atomic E-state index is 0.793. The lowest BCUT2D eigenvalue weighted by Crippen LogP contribution is -2.22. The van der Waals surface area contributed by atoms with Gasteiger partial charge in [0.2, 0.25) is 0 Å². The molecule has 2 heterocycles. The fraction of sp³-hybridized carbons (Fsp3) is 0.833. The molecule has 1 fully saturated rings. The summed E-state index contributed by atoms with van der Waals surface area (Å²) in [5.74, 6) is 1.64. The van der Waals surface area contributed by atoms with E-state index in [0.29, 0.717) is 0 Å². The van der Waals surface area contributed by atoms with Gasteiger partial charge in [-0.3, -0.25) is 4.90 Å². The first kappa shape index (κ1) is 12.8. The van der Waals surface area contributed by atoms with Crippen molar-refractivity contribution in [3.63, 3.8) is 0 Å². The quantitative estimate of drug-likeness (QED) is 0.876. The third kappa shape index (κ3) is 3.16. The van der Waals surface area contributed by atoms with Crippen LogP contribution in [0.5, 0.6) is 0 Å². The van der Waals surface area contributed by atoms with Gasteiger partial charge in [0, 0.05) is 31.2 Å². The zero-order chi connectivity index (χ0) is 12.3. The highest BCUT2D eigenvalue weighted by Crippen LogP contribution is 2.26. The Morgan fingerprint density at radius 1 is 1.53 bits per heavy atom. The number of hydrogen-bond acceptors (Lipinski definition) is 5. The average molecular weight is 254 g/mol. The Morgan fingerprint density at radius 2 is 2.35 bits per heavy atom. The van der Waals surface area contributed by atoms with E-state index in [0.717, 1.165) is 35.6 Å². The Bertz CT molecular complexity index is 350. The first-order valence-corrected chi connectivity index (χ1v) is 7.25. The van der Waals surface area contributed by atoms with Gasteiger partial charge < -0.3 is 5.32 Å². The van der Waals surface area contributed by atoms with Gasteiger partial charge in [-0.1, -0.05) is 18.3 Å². The summed E-state index contributed by atoms with van der Waals surface area (Å²) in [6, 6.07) is 0. The van der Waals surface area contributed by atoms with Crippen LogP contribution in [0.1, 0.15) is 32.9 Å². The van der Waals surface area contributed by atoms with E-state index in [-0.39, 0.29) is 0 Å². The van der Waals surface area contributed by atoms with Gasteiger partial charge >= 0.3 is 0 Å². The molecule has 1 aromatic rings. The molecule has 0 radical (unpaired) electrons. The van der Waals surface area contributed by atoms with Crippen molar-refractivity contribution in [3.8, 4) is 0 Å². The minimum absolute atomic E-state index is 0.793. The SMILES string of the molecule is CCNc1snnc1CN1CCC(C(C)C)C1. The van der Waals surface area contributed by atoms with E-state index in [1.165, 1.54) is 31.0 Å². The monoisotopic (exact) mass is 254 g/mol. The summed E-state index contributed by atoms with van der Waals surface area (Å²) >= 11 is 1.47. The average Bonchev–Trinajstić information content (AvgIpc) is 2.90. The summed E-state index contributed by atoms with van der Waals surface area (Å²) in [6.45, 7) is 11.0. The molecule has 1 aromatic heterocycles. The van der Waals surface area contributed by atoms with Gasteiger partial charge in [0.15, 0.2) is 0 Å². The summed E-state index contributed by atoms with van der Waals surface area (Å²) in [5, 5.41) is 8.70. The van der Waals surface area contributed by atoms with Crippen LogP contribution in [0.15, 0.2) is 0 Å². The Hall–Kier alpha value is -0.680. The van der Waals surface area contributed by atoms with Crippen molar-refractivity contribution in [1.29, 1.82) is 0 Å². The van der Waals surface area contributed by atoms with Gasteiger partial charge in [0.1, 0.15) is 10.7 Å². The molecular formula is C12H22N4S. The first-order chi connectivity index (χ1) is 8.20. The summed E-state index contributed by atoms with van der Waals surface area (Å²) < 4.78 is 4.04. The molecule has 0 bridgehead atoms. The van der Waals surface area contributed by atoms with Crippen molar-refractivity contribution >= 4 is 16.5 Å². The van der Waals surface area contributed by atoms with E-state index in [1.807, 2.05) is 0 Å². The Balaban J connectivity index is 1.91. The Labute approximate surface area is 108 Å². The number of aromatic nitrogens is 2. The number of rotatable bonds is 5. The fourth-order valence-electron chi connectivity index (χ4n) is 2.37. The highest BCUT2D eigenvalue weighted by Gasteiger charge is 2.25. The van der Waals surface area contributed by atoms with Crippen LogP contribution in [-0.4, -0.2) is 34.1 Å². The van der Waals surface area contributed by atoms with Gasteiger partial charge in [-0.05, 0) is 31.7 Å². The lowest BCUT2D eigenvalue weighted by molar-refractivity contribution is 0.294. The lowest BCUT2D eigenvalue weighted by Gasteiger charge is -2.17. The largest absolute Gasteiger partial charge is 0.374 e. The maximum Gasteiger partial charge on any atom is 0.134 e. The summed E-state index contributed by atoms with van der Waals surface area (Å²) in [5.41, 5.74) is 1.11. The standard InChI is InChI=1S/C12H22N4S/c1-4-13-12-11(14-15-17-12)8-16-6-5-10(7-16)9(2)3/h9-10,13H,4-8H2,1-3H3. The van der Waals surface area contributed by atoms with Gasteiger partial charge in [-0.15, -0.1) is 5.10 Å². The number of hydrogen-bond donors (Lipinski definition) is 1. The van der Waals surface area contributed by atoms with Crippen molar-refractivity contribution in [2.24, 2.45) is 11.8 Å². The molecule has 0 amide bonds. The number of nitrogens with zero attached hydrogens (tertiary/aromatic N) is 3. The van der Waals surface area contributed by atoms with Crippen LogP contribution < -0.4 is 5.32 Å². The van der Waals surface area contributed by atoms with Crippen LogP contribution in [0.2, 0.25) is 0 Å². The first-order valence-electron chi connectivity index (χ1n) is 6.48. The Morgan fingerprint density at radius 3 is 3.00 bits per heavy atom. The molecule has 1 unspecified atom stereocenters. The highest BCUT2D eigenvalue weighted by molar-refractivity contribution is 7.10. The van der Waals surface area contributed by atoms with Crippen LogP contribution in [-0.2, 0) is 6.54 Å². The number of anilines is 1. The van der Waals surface area contributed by atoms with Crippen LogP contribution in [0.3, 0.4) is 0 Å². The van der Waals surface area contributed by atoms with Crippen molar-refractivity contribution in [3.05, 3.63) is 5.69 Å². The molecule has 0 saturated carbocycles. The van der Waals surface area contributed by atoms with Crippen LogP contribution in [0.4, 0.5) is 5.00 Å². The second-order valence-corrected chi connectivity index (χ2v) is 5.86. The van der Waals surface area contributed by atoms with Crippen LogP contribution >= 0.6 is 11.5 Å². The lowest BCUT2D eigenvalue weighted by atomic mass is 9.95. The van der Waals surface area contributed by atoms with Crippen molar-refractivity contribution < 1.29 is 0 Å². The second-order valence-electron chi connectivity index (χ2n) is 5.11. The molecule has 2 rings (SSSR count). The summed E-state index contributed by atoms with van der Waals surface area (Å²) in [4.78, 5) is 2.50. The maximum atomic E-state index is 4.23. The van der Waals surface area contributed by atoms with Crippen molar-refractivity contribution in [2.45, 2.75) is 33.7 Å². The predicted octanol–water partition coefficient (Wildman–Crippen LogP) is 2.45. The van der Waals surface area contributed by atoms with Crippen LogP contribution in [0.25, 0.3) is 0 Å².